The van der Waals surface area contributed by atoms with Crippen LogP contribution in [0.1, 0.15) is 40.6 Å². The Hall–Kier alpha value is -2.83. The number of rotatable bonds is 3. The Balaban J connectivity index is 2.47. The number of nitrogens with zero attached hydrogens (tertiary/aromatic N) is 3. The van der Waals surface area contributed by atoms with Gasteiger partial charge in [-0.3, -0.25) is 19.0 Å². The van der Waals surface area contributed by atoms with Gasteiger partial charge in [0.15, 0.2) is 11.6 Å². The number of hydrogen-bond donors (Lipinski definition) is 0. The molecule has 3 aliphatic rings. The maximum absolute atomic E-state index is 12.3. The van der Waals surface area contributed by atoms with E-state index in [1.165, 1.54) is 29.8 Å². The van der Waals surface area contributed by atoms with Crippen molar-refractivity contribution in [1.29, 1.82) is 0 Å². The lowest BCUT2D eigenvalue weighted by Gasteiger charge is -2.22. The van der Waals surface area contributed by atoms with Crippen molar-refractivity contribution in [3.63, 3.8) is 0 Å². The molecule has 23 heavy (non-hydrogen) atoms. The van der Waals surface area contributed by atoms with E-state index < -0.39 is 11.2 Å². The molecule has 7 nitrogen and oxygen atoms in total. The van der Waals surface area contributed by atoms with Crippen LogP contribution in [0, 0.1) is 0 Å². The van der Waals surface area contributed by atoms with E-state index in [1.807, 2.05) is 6.92 Å². The number of allylic oxidation sites excluding steroid dienone is 2. The lowest BCUT2D eigenvalue weighted by Crippen LogP contribution is -2.37. The van der Waals surface area contributed by atoms with Crippen LogP contribution < -0.4 is 11.2 Å². The minimum absolute atomic E-state index is 0.154. The van der Waals surface area contributed by atoms with Gasteiger partial charge in [-0.2, -0.15) is 4.98 Å². The number of ketones is 2. The first-order chi connectivity index (χ1) is 11.0. The van der Waals surface area contributed by atoms with E-state index in [-0.39, 0.29) is 34.2 Å². The maximum Gasteiger partial charge on any atom is 0.352 e. The Kier molecular flexibility index (Phi) is 3.55. The third-order valence-corrected chi connectivity index (χ3v) is 3.95. The molecule has 0 amide bonds. The quantitative estimate of drug-likeness (QED) is 0.835. The highest BCUT2D eigenvalue weighted by Crippen LogP contribution is 2.25. The Morgan fingerprint density at radius 3 is 2.43 bits per heavy atom. The first-order valence-corrected chi connectivity index (χ1v) is 7.37. The monoisotopic (exact) mass is 313 g/mol. The summed E-state index contributed by atoms with van der Waals surface area (Å²) >= 11 is 0. The summed E-state index contributed by atoms with van der Waals surface area (Å²) in [6, 6.07) is 1.37. The summed E-state index contributed by atoms with van der Waals surface area (Å²) in [4.78, 5) is 52.5. The molecule has 0 unspecified atom stereocenters. The molecule has 0 radical (unpaired) electrons. The molecule has 2 heterocycles. The first-order valence-electron chi connectivity index (χ1n) is 7.37. The van der Waals surface area contributed by atoms with Gasteiger partial charge >= 0.3 is 5.69 Å². The highest BCUT2D eigenvalue weighted by atomic mass is 16.2. The molecule has 0 aromatic heterocycles. The Bertz CT molecular complexity index is 949. The lowest BCUT2D eigenvalue weighted by molar-refractivity contribution is 0.0986. The normalized spacial score (nSPS) is 13.7. The molecule has 0 fully saturated rings. The van der Waals surface area contributed by atoms with Crippen LogP contribution in [-0.4, -0.2) is 25.7 Å². The molecular weight excluding hydrogens is 298 g/mol. The number of carbonyl (C=O) groups is 2. The molecule has 0 bridgehead atoms. The molecule has 3 rings (SSSR count). The van der Waals surface area contributed by atoms with Gasteiger partial charge in [-0.05, 0) is 24.6 Å². The molecule has 0 aromatic rings. The van der Waals surface area contributed by atoms with Crippen LogP contribution >= 0.6 is 0 Å². The molecule has 118 valence electrons. The third-order valence-electron chi connectivity index (χ3n) is 3.95. The number of hydrogen-bond acceptors (Lipinski definition) is 5. The van der Waals surface area contributed by atoms with Crippen molar-refractivity contribution in [2.24, 2.45) is 7.05 Å². The molecule has 2 aliphatic heterocycles. The Morgan fingerprint density at radius 2 is 1.74 bits per heavy atom. The van der Waals surface area contributed by atoms with Crippen LogP contribution in [-0.2, 0) is 13.6 Å². The summed E-state index contributed by atoms with van der Waals surface area (Å²) in [7, 11) is 1.33. The predicted molar refractivity (Wildman–Crippen MR) is 83.1 cm³/mol. The van der Waals surface area contributed by atoms with Crippen molar-refractivity contribution in [2.75, 3.05) is 0 Å². The van der Waals surface area contributed by atoms with E-state index >= 15 is 0 Å². The van der Waals surface area contributed by atoms with Crippen molar-refractivity contribution in [3.05, 3.63) is 50.3 Å². The summed E-state index contributed by atoms with van der Waals surface area (Å²) in [5.74, 6) is -0.505. The van der Waals surface area contributed by atoms with E-state index in [2.05, 4.69) is 4.98 Å². The molecule has 0 spiro atoms. The predicted octanol–water partition coefficient (Wildman–Crippen LogP) is 0.782. The minimum Gasteiger partial charge on any atom is -0.322 e. The second-order valence-corrected chi connectivity index (χ2v) is 5.47. The zero-order chi connectivity index (χ0) is 16.7. The summed E-state index contributed by atoms with van der Waals surface area (Å²) in [6.07, 6.45) is 3.98. The van der Waals surface area contributed by atoms with Crippen LogP contribution in [0.5, 0.6) is 0 Å². The molecule has 7 heteroatoms. The van der Waals surface area contributed by atoms with E-state index in [0.717, 1.165) is 17.4 Å². The van der Waals surface area contributed by atoms with E-state index in [0.29, 0.717) is 6.54 Å². The zero-order valence-electron chi connectivity index (χ0n) is 12.8. The summed E-state index contributed by atoms with van der Waals surface area (Å²) in [5.41, 5.74) is -0.670. The molecular formula is C16H15N3O4. The largest absolute Gasteiger partial charge is 0.352 e. The molecule has 0 aromatic carbocycles. The summed E-state index contributed by atoms with van der Waals surface area (Å²) in [5, 5.41) is 0. The van der Waals surface area contributed by atoms with Crippen molar-refractivity contribution in [1.82, 2.24) is 14.1 Å². The average Bonchev–Trinajstić information content (AvgIpc) is 2.54. The van der Waals surface area contributed by atoms with Crippen LogP contribution in [0.4, 0.5) is 0 Å². The Labute approximate surface area is 131 Å². The van der Waals surface area contributed by atoms with Crippen molar-refractivity contribution >= 4 is 11.6 Å². The van der Waals surface area contributed by atoms with Crippen LogP contribution in [0.25, 0.3) is 11.4 Å². The second kappa shape index (κ2) is 5.42. The van der Waals surface area contributed by atoms with Crippen molar-refractivity contribution < 1.29 is 9.59 Å². The van der Waals surface area contributed by atoms with Gasteiger partial charge in [-0.1, -0.05) is 13.3 Å². The zero-order valence-corrected chi connectivity index (χ0v) is 12.8. The fourth-order valence-electron chi connectivity index (χ4n) is 2.69. The van der Waals surface area contributed by atoms with Gasteiger partial charge in [0.05, 0.1) is 11.1 Å². The SMILES string of the molecule is CCCCn1c2nc(=O)n(C)c(=O)c-2cc2c1C(=O)C=CC2=O. The molecule has 0 saturated carbocycles. The second-order valence-electron chi connectivity index (χ2n) is 5.47. The third kappa shape index (κ3) is 2.25. The van der Waals surface area contributed by atoms with E-state index in [4.69, 9.17) is 0 Å². The highest BCUT2D eigenvalue weighted by molar-refractivity contribution is 6.21. The molecule has 0 N–H and O–H groups in total. The van der Waals surface area contributed by atoms with Gasteiger partial charge in [-0.15, -0.1) is 0 Å². The van der Waals surface area contributed by atoms with Crippen molar-refractivity contribution in [2.45, 2.75) is 26.3 Å². The van der Waals surface area contributed by atoms with Crippen LogP contribution in [0.15, 0.2) is 27.8 Å². The molecule has 0 saturated heterocycles. The van der Waals surface area contributed by atoms with Gasteiger partial charge < -0.3 is 4.57 Å². The number of fused-ring (bicyclic) bond motifs is 2. The standard InChI is InChI=1S/C16H15N3O4/c1-3-4-7-19-13-9(11(20)5-6-12(13)21)8-10-14(19)17-16(23)18(2)15(10)22/h5-6,8H,3-4,7H2,1-2H3. The smallest absolute Gasteiger partial charge is 0.322 e. The van der Waals surface area contributed by atoms with Gasteiger partial charge in [0.25, 0.3) is 5.56 Å². The van der Waals surface area contributed by atoms with Crippen LogP contribution in [0.3, 0.4) is 0 Å². The lowest BCUT2D eigenvalue weighted by atomic mass is 9.96. The summed E-state index contributed by atoms with van der Waals surface area (Å²) in [6.45, 7) is 2.39. The summed E-state index contributed by atoms with van der Waals surface area (Å²) < 4.78 is 2.42. The first kappa shape index (κ1) is 15.1. The fraction of sp³-hybridized carbons (Fsp3) is 0.312. The van der Waals surface area contributed by atoms with Crippen LogP contribution in [0.2, 0.25) is 0 Å². The van der Waals surface area contributed by atoms with Gasteiger partial charge in [0, 0.05) is 13.6 Å². The van der Waals surface area contributed by atoms with Crippen molar-refractivity contribution in [3.8, 4) is 11.4 Å². The average molecular weight is 313 g/mol. The fourth-order valence-corrected chi connectivity index (χ4v) is 2.69. The maximum atomic E-state index is 12.3. The molecule has 1 aliphatic carbocycles. The van der Waals surface area contributed by atoms with Gasteiger partial charge in [0.2, 0.25) is 5.78 Å². The van der Waals surface area contributed by atoms with E-state index in [9.17, 15) is 19.2 Å². The number of pyridine rings is 1. The highest BCUT2D eigenvalue weighted by Gasteiger charge is 2.28. The van der Waals surface area contributed by atoms with Gasteiger partial charge in [-0.25, -0.2) is 4.79 Å². The van der Waals surface area contributed by atoms with E-state index in [1.54, 1.807) is 0 Å². The number of unbranched alkanes of at least 4 members (excludes halogenated alkanes) is 1. The van der Waals surface area contributed by atoms with Gasteiger partial charge in [0.1, 0.15) is 5.69 Å². The molecule has 0 atom stereocenters. The topological polar surface area (TPSA) is 91.0 Å². The number of aromatic nitrogens is 3. The number of carbonyl (C=O) groups excluding carboxylic acids is 2. The minimum atomic E-state index is -0.683. The Morgan fingerprint density at radius 1 is 1.04 bits per heavy atom.